The molecule has 0 bridgehead atoms. The molecule has 1 aromatic rings. The Morgan fingerprint density at radius 3 is 2.81 bits per heavy atom. The topological polar surface area (TPSA) is 55.4 Å². The summed E-state index contributed by atoms with van der Waals surface area (Å²) in [5.41, 5.74) is 0.475. The van der Waals surface area contributed by atoms with Crippen molar-refractivity contribution < 1.29 is 14.3 Å². The minimum atomic E-state index is -0.317. The van der Waals surface area contributed by atoms with E-state index in [0.29, 0.717) is 28.6 Å². The molecule has 4 nitrogen and oxygen atoms in total. The first-order valence-corrected chi connectivity index (χ1v) is 7.59. The number of ether oxygens (including phenoxy) is 1. The normalized spacial score (nSPS) is 22.8. The number of carbonyl (C=O) groups is 2. The number of carbonyl (C=O) groups excluding carboxylic acids is 2. The monoisotopic (exact) mass is 329 g/mol. The van der Waals surface area contributed by atoms with E-state index in [-0.39, 0.29) is 29.8 Å². The highest BCUT2D eigenvalue weighted by Crippen LogP contribution is 2.29. The van der Waals surface area contributed by atoms with Crippen molar-refractivity contribution in [3.05, 3.63) is 28.2 Å². The first-order chi connectivity index (χ1) is 9.86. The van der Waals surface area contributed by atoms with Crippen LogP contribution in [0.1, 0.15) is 26.7 Å². The van der Waals surface area contributed by atoms with Crippen LogP contribution in [0.25, 0.3) is 0 Å². The van der Waals surface area contributed by atoms with Crippen LogP contribution in [-0.2, 0) is 14.3 Å². The van der Waals surface area contributed by atoms with Gasteiger partial charge in [0.25, 0.3) is 0 Å². The Kier molecular flexibility index (Phi) is 5.12. The predicted octanol–water partition coefficient (Wildman–Crippen LogP) is 3.91. The largest absolute Gasteiger partial charge is 0.462 e. The summed E-state index contributed by atoms with van der Waals surface area (Å²) in [6.45, 7) is 3.64. The quantitative estimate of drug-likeness (QED) is 0.852. The van der Waals surface area contributed by atoms with Gasteiger partial charge >= 0.3 is 5.97 Å². The van der Waals surface area contributed by atoms with Gasteiger partial charge in [0.05, 0.1) is 22.7 Å². The van der Waals surface area contributed by atoms with E-state index in [2.05, 4.69) is 5.32 Å². The first-order valence-electron chi connectivity index (χ1n) is 6.83. The number of anilines is 1. The van der Waals surface area contributed by atoms with Crippen LogP contribution in [0.4, 0.5) is 5.69 Å². The maximum Gasteiger partial charge on any atom is 0.309 e. The summed E-state index contributed by atoms with van der Waals surface area (Å²) in [6, 6.07) is 4.87. The van der Waals surface area contributed by atoms with Crippen molar-refractivity contribution in [2.45, 2.75) is 32.8 Å². The zero-order chi connectivity index (χ0) is 15.6. The molecule has 1 aliphatic rings. The van der Waals surface area contributed by atoms with E-state index in [1.807, 2.05) is 6.92 Å². The van der Waals surface area contributed by atoms with Crippen LogP contribution in [0.15, 0.2) is 18.2 Å². The van der Waals surface area contributed by atoms with E-state index in [1.165, 1.54) is 0 Å². The fourth-order valence-electron chi connectivity index (χ4n) is 2.42. The van der Waals surface area contributed by atoms with Crippen LogP contribution in [0.3, 0.4) is 0 Å². The molecule has 1 fully saturated rings. The van der Waals surface area contributed by atoms with Crippen molar-refractivity contribution in [1.29, 1.82) is 0 Å². The summed E-state index contributed by atoms with van der Waals surface area (Å²) in [4.78, 5) is 23.8. The van der Waals surface area contributed by atoms with Gasteiger partial charge in [0.15, 0.2) is 0 Å². The van der Waals surface area contributed by atoms with E-state index in [1.54, 1.807) is 25.1 Å². The Bertz CT molecular complexity index is 562. The minimum Gasteiger partial charge on any atom is -0.462 e. The highest BCUT2D eigenvalue weighted by atomic mass is 35.5. The molecule has 0 saturated carbocycles. The lowest BCUT2D eigenvalue weighted by molar-refractivity contribution is -0.144. The van der Waals surface area contributed by atoms with Gasteiger partial charge in [-0.1, -0.05) is 30.1 Å². The summed E-state index contributed by atoms with van der Waals surface area (Å²) >= 11 is 11.9. The molecule has 2 rings (SSSR count). The molecule has 6 heteroatoms. The smallest absolute Gasteiger partial charge is 0.309 e. The van der Waals surface area contributed by atoms with Crippen molar-refractivity contribution in [2.75, 3.05) is 5.32 Å². The molecule has 1 heterocycles. The molecule has 0 unspecified atom stereocenters. The van der Waals surface area contributed by atoms with Crippen molar-refractivity contribution >= 4 is 40.8 Å². The number of amides is 1. The second-order valence-corrected chi connectivity index (χ2v) is 6.27. The molecular formula is C15H17Cl2NO3. The lowest BCUT2D eigenvalue weighted by Crippen LogP contribution is -2.24. The third-order valence-corrected chi connectivity index (χ3v) is 4.10. The van der Waals surface area contributed by atoms with Crippen LogP contribution >= 0.6 is 23.2 Å². The van der Waals surface area contributed by atoms with Gasteiger partial charge in [0.2, 0.25) is 5.91 Å². The maximum absolute atomic E-state index is 12.2. The average Bonchev–Trinajstić information content (AvgIpc) is 2.72. The number of hydrogen-bond donors (Lipinski definition) is 1. The highest BCUT2D eigenvalue weighted by molar-refractivity contribution is 6.35. The molecule has 21 heavy (non-hydrogen) atoms. The summed E-state index contributed by atoms with van der Waals surface area (Å²) in [7, 11) is 0. The van der Waals surface area contributed by atoms with Crippen molar-refractivity contribution in [3.63, 3.8) is 0 Å². The van der Waals surface area contributed by atoms with Crippen LogP contribution in [0, 0.1) is 11.8 Å². The molecule has 1 saturated heterocycles. The van der Waals surface area contributed by atoms with Gasteiger partial charge in [-0.15, -0.1) is 0 Å². The van der Waals surface area contributed by atoms with Gasteiger partial charge in [-0.05, 0) is 38.0 Å². The van der Waals surface area contributed by atoms with Gasteiger partial charge < -0.3 is 10.1 Å². The van der Waals surface area contributed by atoms with E-state index in [4.69, 9.17) is 27.9 Å². The number of hydrogen-bond acceptors (Lipinski definition) is 3. The first kappa shape index (κ1) is 16.1. The SMILES string of the molecule is C[C@@H]1C[C@H](C[C@@H](C)C(=O)Nc2cc(Cl)ccc2Cl)C(=O)O1. The molecule has 1 aliphatic heterocycles. The lowest BCUT2D eigenvalue weighted by atomic mass is 9.93. The number of benzene rings is 1. The third-order valence-electron chi connectivity index (χ3n) is 3.54. The summed E-state index contributed by atoms with van der Waals surface area (Å²) < 4.78 is 5.10. The molecule has 114 valence electrons. The summed E-state index contributed by atoms with van der Waals surface area (Å²) in [5, 5.41) is 3.66. The third kappa shape index (κ3) is 4.11. The van der Waals surface area contributed by atoms with Crippen molar-refractivity contribution in [2.24, 2.45) is 11.8 Å². The number of rotatable bonds is 4. The fraction of sp³-hybridized carbons (Fsp3) is 0.467. The van der Waals surface area contributed by atoms with Gasteiger partial charge in [0.1, 0.15) is 0 Å². The van der Waals surface area contributed by atoms with Crippen molar-refractivity contribution in [3.8, 4) is 0 Å². The van der Waals surface area contributed by atoms with Crippen LogP contribution < -0.4 is 5.32 Å². The maximum atomic E-state index is 12.2. The molecule has 1 aromatic carbocycles. The molecule has 3 atom stereocenters. The standard InChI is InChI=1S/C15H17Cl2NO3/c1-8(5-10-6-9(2)21-15(10)20)14(19)18-13-7-11(16)3-4-12(13)17/h3-4,7-10H,5-6H2,1-2H3,(H,18,19)/t8-,9-,10+/m1/s1. The minimum absolute atomic E-state index is 0.0693. The number of cyclic esters (lactones) is 1. The van der Waals surface area contributed by atoms with Crippen LogP contribution in [0.5, 0.6) is 0 Å². The van der Waals surface area contributed by atoms with Gasteiger partial charge in [-0.2, -0.15) is 0 Å². The highest BCUT2D eigenvalue weighted by Gasteiger charge is 2.34. The molecule has 0 aliphatic carbocycles. The molecule has 0 spiro atoms. The average molecular weight is 330 g/mol. The zero-order valence-electron chi connectivity index (χ0n) is 11.9. The molecule has 0 aromatic heterocycles. The van der Waals surface area contributed by atoms with Gasteiger partial charge in [0, 0.05) is 10.9 Å². The van der Waals surface area contributed by atoms with Gasteiger partial charge in [-0.25, -0.2) is 0 Å². The molecule has 1 N–H and O–H groups in total. The molecule has 0 radical (unpaired) electrons. The Balaban J connectivity index is 1.96. The summed E-state index contributed by atoms with van der Waals surface area (Å²) in [6.07, 6.45) is 1.06. The Morgan fingerprint density at radius 1 is 1.48 bits per heavy atom. The number of esters is 1. The second-order valence-electron chi connectivity index (χ2n) is 5.43. The predicted molar refractivity (Wildman–Crippen MR) is 82.5 cm³/mol. The molecule has 1 amide bonds. The number of nitrogens with one attached hydrogen (secondary N) is 1. The van der Waals surface area contributed by atoms with Crippen LogP contribution in [-0.4, -0.2) is 18.0 Å². The van der Waals surface area contributed by atoms with E-state index in [0.717, 1.165) is 0 Å². The Labute approximate surface area is 133 Å². The molecular weight excluding hydrogens is 313 g/mol. The Hall–Kier alpha value is -1.26. The summed E-state index contributed by atoms with van der Waals surface area (Å²) in [5.74, 6) is -0.937. The second kappa shape index (κ2) is 6.67. The van der Waals surface area contributed by atoms with Crippen LogP contribution in [0.2, 0.25) is 10.0 Å². The van der Waals surface area contributed by atoms with Gasteiger partial charge in [-0.3, -0.25) is 9.59 Å². The van der Waals surface area contributed by atoms with E-state index in [9.17, 15) is 9.59 Å². The van der Waals surface area contributed by atoms with E-state index >= 15 is 0 Å². The fourth-order valence-corrected chi connectivity index (χ4v) is 2.75. The van der Waals surface area contributed by atoms with Crippen molar-refractivity contribution in [1.82, 2.24) is 0 Å². The van der Waals surface area contributed by atoms with E-state index < -0.39 is 0 Å². The number of halogens is 2. The Morgan fingerprint density at radius 2 is 2.19 bits per heavy atom. The lowest BCUT2D eigenvalue weighted by Gasteiger charge is -2.15. The zero-order valence-corrected chi connectivity index (χ0v) is 13.4.